The summed E-state index contributed by atoms with van der Waals surface area (Å²) in [7, 11) is -16.4. The highest BCUT2D eigenvalue weighted by Gasteiger charge is 2.50. The normalized spacial score (nSPS) is 21.4. The zero-order valence-electron chi connectivity index (χ0n) is 34.3. The van der Waals surface area contributed by atoms with E-state index in [0.29, 0.717) is 18.1 Å². The fraction of sp³-hybridized carbons (Fsp3) is 0.758. The van der Waals surface area contributed by atoms with Crippen LogP contribution in [0.5, 0.6) is 0 Å². The molecule has 8 unspecified atom stereocenters. The molecule has 2 aromatic heterocycles. The highest BCUT2D eigenvalue weighted by Crippen LogP contribution is 2.61. The summed E-state index contributed by atoms with van der Waals surface area (Å²) < 4.78 is 62.3. The number of aliphatic hydroxyl groups is 2. The van der Waals surface area contributed by atoms with Crippen LogP contribution in [0, 0.1) is 11.3 Å². The number of phosphoric ester groups is 3. The van der Waals surface area contributed by atoms with Crippen molar-refractivity contribution in [3.8, 4) is 0 Å². The van der Waals surface area contributed by atoms with Gasteiger partial charge in [0.15, 0.2) is 22.8 Å². The van der Waals surface area contributed by atoms with E-state index in [1.54, 1.807) is 0 Å². The molecule has 0 bridgehead atoms. The van der Waals surface area contributed by atoms with Crippen molar-refractivity contribution in [3.05, 3.63) is 12.7 Å². The summed E-state index contributed by atoms with van der Waals surface area (Å²) in [5.41, 5.74) is 4.28. The highest BCUT2D eigenvalue weighted by molar-refractivity contribution is 8.13. The lowest BCUT2D eigenvalue weighted by Gasteiger charge is -2.30. The molecule has 3 rings (SSSR count). The summed E-state index contributed by atoms with van der Waals surface area (Å²) in [5, 5.41) is 26.6. The van der Waals surface area contributed by atoms with Crippen molar-refractivity contribution in [2.24, 2.45) is 11.3 Å². The Balaban J connectivity index is 1.39. The minimum absolute atomic E-state index is 0.0329. The van der Waals surface area contributed by atoms with Crippen LogP contribution in [-0.4, -0.2) is 123 Å². The van der Waals surface area contributed by atoms with Gasteiger partial charge in [-0.2, -0.15) is 4.31 Å². The Morgan fingerprint density at radius 1 is 0.984 bits per heavy atom. The van der Waals surface area contributed by atoms with Gasteiger partial charge in [0, 0.05) is 37.1 Å². The largest absolute Gasteiger partial charge is 0.481 e. The number of fused-ring (bicyclic) bond motifs is 1. The number of amides is 2. The second-order valence-corrected chi connectivity index (χ2v) is 20.5. The highest BCUT2D eigenvalue weighted by atomic mass is 32.2. The van der Waals surface area contributed by atoms with Gasteiger partial charge in [0.05, 0.1) is 19.5 Å². The van der Waals surface area contributed by atoms with Gasteiger partial charge in [-0.05, 0) is 12.3 Å². The van der Waals surface area contributed by atoms with Crippen LogP contribution in [-0.2, 0) is 50.7 Å². The van der Waals surface area contributed by atoms with E-state index in [4.69, 9.17) is 19.5 Å². The lowest BCUT2D eigenvalue weighted by molar-refractivity contribution is -0.137. The Hall–Kier alpha value is -2.44. The monoisotopic (exact) mass is 949 g/mol. The first kappa shape index (κ1) is 52.9. The molecule has 0 saturated carbocycles. The molecule has 0 aliphatic carbocycles. The van der Waals surface area contributed by atoms with Crippen LogP contribution in [0.3, 0.4) is 0 Å². The molecule has 1 aliphatic heterocycles. The molecule has 61 heavy (non-hydrogen) atoms. The summed E-state index contributed by atoms with van der Waals surface area (Å²) in [5.74, 6) is -0.330. The molecule has 10 N–H and O–H groups in total. The molecule has 2 aromatic rings. The van der Waals surface area contributed by atoms with Crippen molar-refractivity contribution >= 4 is 69.1 Å². The van der Waals surface area contributed by atoms with Crippen LogP contribution in [0.1, 0.15) is 91.7 Å². The predicted octanol–water partition coefficient (Wildman–Crippen LogP) is 2.44. The lowest BCUT2D eigenvalue weighted by atomic mass is 9.87. The van der Waals surface area contributed by atoms with Gasteiger partial charge in [-0.15, -0.1) is 0 Å². The summed E-state index contributed by atoms with van der Waals surface area (Å²) >= 11 is 1.15. The molecule has 28 heteroatoms. The van der Waals surface area contributed by atoms with Crippen molar-refractivity contribution in [1.29, 1.82) is 0 Å². The summed E-state index contributed by atoms with van der Waals surface area (Å²) in [4.78, 5) is 88.1. The fourth-order valence-electron chi connectivity index (χ4n) is 6.00. The number of aliphatic hydroxyl groups excluding tert-OH is 2. The number of thioether (sulfide) groups is 1. The number of nitrogens with two attached hydrogens (primary N) is 1. The second kappa shape index (κ2) is 24.0. The maximum Gasteiger partial charge on any atom is 0.481 e. The third-order valence-corrected chi connectivity index (χ3v) is 13.4. The van der Waals surface area contributed by atoms with Gasteiger partial charge in [-0.1, -0.05) is 78.0 Å². The van der Waals surface area contributed by atoms with Crippen molar-refractivity contribution in [1.82, 2.24) is 30.2 Å². The van der Waals surface area contributed by atoms with E-state index in [1.807, 2.05) is 0 Å². The fourth-order valence-corrected chi connectivity index (χ4v) is 9.55. The standard InChI is InChI=1S/C33H58N7O17P3S/c1-5-6-10-21(2)11-8-7-9-12-24(42)61-16-15-35-23(41)13-14-36-31(45)28(44)33(3,4)18-54-60(51,52)57-59(49,50)53-17-22-27(56-58(46,47)48)26(43)32(55-22)40-20-39-25-29(34)37-19-38-30(25)40/h19-22,26-28,32,43-44H,5-18H2,1-4H3,(H,35,41)(H,36,45)(H,49,50)(H,51,52)(H2,34,37,38)(H2,46,47,48). The number of rotatable bonds is 28. The molecule has 0 aromatic carbocycles. The second-order valence-electron chi connectivity index (χ2n) is 15.1. The molecule has 24 nitrogen and oxygen atoms in total. The number of nitrogens with zero attached hydrogens (tertiary/aromatic N) is 4. The number of carbonyl (C=O) groups is 3. The molecular weight excluding hydrogens is 891 g/mol. The predicted molar refractivity (Wildman–Crippen MR) is 219 cm³/mol. The first-order valence-corrected chi connectivity index (χ1v) is 25.0. The zero-order valence-corrected chi connectivity index (χ0v) is 37.8. The smallest absolute Gasteiger partial charge is 0.386 e. The Kier molecular flexibility index (Phi) is 20.8. The Morgan fingerprint density at radius 3 is 2.36 bits per heavy atom. The van der Waals surface area contributed by atoms with Crippen LogP contribution < -0.4 is 16.4 Å². The van der Waals surface area contributed by atoms with Gasteiger partial charge in [-0.3, -0.25) is 32.5 Å². The number of carbonyl (C=O) groups excluding carboxylic acids is 3. The van der Waals surface area contributed by atoms with Gasteiger partial charge in [0.2, 0.25) is 11.8 Å². The van der Waals surface area contributed by atoms with E-state index in [0.717, 1.165) is 48.2 Å². The molecular formula is C33H58N7O17P3S. The lowest BCUT2D eigenvalue weighted by Crippen LogP contribution is -2.46. The third-order valence-electron chi connectivity index (χ3n) is 9.39. The number of unbranched alkanes of at least 4 members (excludes halogenated alkanes) is 3. The number of ether oxygens (including phenoxy) is 1. The van der Waals surface area contributed by atoms with Crippen LogP contribution in [0.15, 0.2) is 12.7 Å². The number of hydrogen-bond donors (Lipinski definition) is 9. The number of phosphoric acid groups is 3. The molecule has 1 fully saturated rings. The molecule has 3 heterocycles. The summed E-state index contributed by atoms with van der Waals surface area (Å²) in [6.07, 6.45) is 1.36. The first-order valence-electron chi connectivity index (χ1n) is 19.5. The molecule has 8 atom stereocenters. The number of nitrogens with one attached hydrogen (secondary N) is 2. The summed E-state index contributed by atoms with van der Waals surface area (Å²) in [6, 6.07) is 0. The molecule has 0 spiro atoms. The number of nitrogen functional groups attached to an aromatic ring is 1. The van der Waals surface area contributed by atoms with E-state index < -0.39 is 84.6 Å². The number of hydrogen-bond acceptors (Lipinski definition) is 18. The molecule has 348 valence electrons. The van der Waals surface area contributed by atoms with Crippen molar-refractivity contribution in [2.45, 2.75) is 116 Å². The van der Waals surface area contributed by atoms with Gasteiger partial charge >= 0.3 is 23.5 Å². The minimum Gasteiger partial charge on any atom is -0.386 e. The Labute approximate surface area is 356 Å². The first-order chi connectivity index (χ1) is 28.4. The van der Waals surface area contributed by atoms with Crippen molar-refractivity contribution in [3.63, 3.8) is 0 Å². The van der Waals surface area contributed by atoms with E-state index in [-0.39, 0.29) is 41.6 Å². The number of anilines is 1. The Morgan fingerprint density at radius 2 is 1.67 bits per heavy atom. The molecule has 1 saturated heterocycles. The van der Waals surface area contributed by atoms with Crippen LogP contribution in [0.25, 0.3) is 11.2 Å². The SMILES string of the molecule is CCCCC(C)CCCCCC(=O)SCCNC(=O)CCNC(=O)C(O)C(C)(C)COP(=O)(O)OP(=O)(O)OCC1OC(n2cnc3c(N)ncnc32)C(O)C1OP(=O)(O)O. The van der Waals surface area contributed by atoms with E-state index >= 15 is 0 Å². The van der Waals surface area contributed by atoms with Crippen LogP contribution >= 0.6 is 35.2 Å². The summed E-state index contributed by atoms with van der Waals surface area (Å²) in [6.45, 7) is 5.01. The van der Waals surface area contributed by atoms with Gasteiger partial charge in [-0.25, -0.2) is 28.6 Å². The quantitative estimate of drug-likeness (QED) is 0.0437. The molecule has 0 radical (unpaired) electrons. The number of aromatic nitrogens is 4. The zero-order chi connectivity index (χ0) is 45.6. The average molecular weight is 950 g/mol. The van der Waals surface area contributed by atoms with Crippen LogP contribution in [0.4, 0.5) is 5.82 Å². The van der Waals surface area contributed by atoms with Gasteiger partial charge in [0.25, 0.3) is 0 Å². The topological polar surface area (TPSA) is 364 Å². The van der Waals surface area contributed by atoms with Crippen molar-refractivity contribution < 1.29 is 80.5 Å². The third kappa shape index (κ3) is 17.9. The maximum atomic E-state index is 12.7. The molecule has 2 amide bonds. The van der Waals surface area contributed by atoms with Gasteiger partial charge < -0.3 is 50.9 Å². The van der Waals surface area contributed by atoms with E-state index in [2.05, 4.69) is 48.3 Å². The van der Waals surface area contributed by atoms with E-state index in [1.165, 1.54) is 39.5 Å². The van der Waals surface area contributed by atoms with Crippen molar-refractivity contribution in [2.75, 3.05) is 37.8 Å². The van der Waals surface area contributed by atoms with Gasteiger partial charge in [0.1, 0.15) is 36.3 Å². The Bertz CT molecular complexity index is 1910. The number of imidazole rings is 1. The average Bonchev–Trinajstić information content (AvgIpc) is 3.73. The van der Waals surface area contributed by atoms with Crippen LogP contribution in [0.2, 0.25) is 0 Å². The molecule has 1 aliphatic rings. The minimum atomic E-state index is -5.57. The maximum absolute atomic E-state index is 12.7. The van der Waals surface area contributed by atoms with E-state index in [9.17, 15) is 57.9 Å².